The van der Waals surface area contributed by atoms with Crippen molar-refractivity contribution in [3.05, 3.63) is 71.8 Å². The van der Waals surface area contributed by atoms with E-state index in [0.717, 1.165) is 36.8 Å². The van der Waals surface area contributed by atoms with Crippen LogP contribution in [0.1, 0.15) is 75.3 Å². The molecule has 1 unspecified atom stereocenters. The highest BCUT2D eigenvalue weighted by atomic mass is 31.2. The number of nitrogens with one attached hydrogen (secondary N) is 2. The van der Waals surface area contributed by atoms with E-state index in [1.807, 2.05) is 67.6 Å². The second kappa shape index (κ2) is 14.5. The predicted octanol–water partition coefficient (Wildman–Crippen LogP) is 4.93. The molecule has 2 aromatic rings. The van der Waals surface area contributed by atoms with Crippen molar-refractivity contribution in [2.75, 3.05) is 6.54 Å². The van der Waals surface area contributed by atoms with Crippen molar-refractivity contribution < 1.29 is 23.9 Å². The summed E-state index contributed by atoms with van der Waals surface area (Å²) in [6.45, 7) is 2.36. The summed E-state index contributed by atoms with van der Waals surface area (Å²) in [5.41, 5.74) is 0.973. The van der Waals surface area contributed by atoms with Crippen molar-refractivity contribution >= 4 is 19.4 Å². The minimum absolute atomic E-state index is 0.119. The van der Waals surface area contributed by atoms with Crippen LogP contribution in [0.3, 0.4) is 0 Å². The molecule has 0 saturated heterocycles. The summed E-state index contributed by atoms with van der Waals surface area (Å²) in [6, 6.07) is 18.7. The number of amides is 2. The molecule has 7 nitrogen and oxygen atoms in total. The third-order valence-corrected chi connectivity index (χ3v) is 8.74. The molecule has 2 aromatic carbocycles. The Kier molecular flexibility index (Phi) is 11.4. The molecule has 1 fully saturated rings. The molecule has 0 aliphatic heterocycles. The molecule has 202 valence electrons. The minimum atomic E-state index is -4.52. The molecule has 3 atom stereocenters. The summed E-state index contributed by atoms with van der Waals surface area (Å²) >= 11 is 0. The second-order valence-electron chi connectivity index (χ2n) is 10.4. The molecule has 3 rings (SSSR count). The summed E-state index contributed by atoms with van der Waals surface area (Å²) < 4.78 is 12.3. The zero-order chi connectivity index (χ0) is 26.7. The monoisotopic (exact) mass is 528 g/mol. The van der Waals surface area contributed by atoms with Crippen LogP contribution in [0, 0.1) is 5.92 Å². The number of hydrogen-bond acceptors (Lipinski definition) is 3. The Hall–Kier alpha value is -2.47. The van der Waals surface area contributed by atoms with Gasteiger partial charge in [0.1, 0.15) is 6.04 Å². The van der Waals surface area contributed by atoms with E-state index in [0.29, 0.717) is 25.3 Å². The molecular formula is C29H41N2O5P. The molecule has 2 amide bonds. The third kappa shape index (κ3) is 10.1. The standard InChI is InChI=1S/C29H41N2O5P/c1-22(25-15-9-4-10-16-25)19-26(37(34,35)36)21-28(32)31-27(20-24-13-7-3-8-14-24)29(33)30-18-17-23-11-5-2-6-12-23/h2,4-6,9-12,15-16,22,24,26-27H,3,7-8,13-14,17-21H2,1H3,(H,30,33)(H,31,32)(H2,34,35,36)/t22?,26-,27+/m1/s1. The Balaban J connectivity index is 1.62. The number of hydrogen-bond donors (Lipinski definition) is 4. The first-order chi connectivity index (χ1) is 17.7. The van der Waals surface area contributed by atoms with Gasteiger partial charge in [-0.1, -0.05) is 99.7 Å². The van der Waals surface area contributed by atoms with E-state index in [9.17, 15) is 23.9 Å². The summed E-state index contributed by atoms with van der Waals surface area (Å²) in [5.74, 6) is -0.492. The van der Waals surface area contributed by atoms with Crippen LogP contribution in [0.5, 0.6) is 0 Å². The number of carbonyl (C=O) groups is 2. The zero-order valence-electron chi connectivity index (χ0n) is 21.7. The Bertz CT molecular complexity index is 1020. The molecule has 1 saturated carbocycles. The molecule has 0 spiro atoms. The highest BCUT2D eigenvalue weighted by Crippen LogP contribution is 2.47. The number of rotatable bonds is 13. The average molecular weight is 529 g/mol. The van der Waals surface area contributed by atoms with Crippen LogP contribution in [-0.4, -0.2) is 39.8 Å². The Morgan fingerprint density at radius 2 is 1.59 bits per heavy atom. The van der Waals surface area contributed by atoms with E-state index < -0.39 is 25.2 Å². The van der Waals surface area contributed by atoms with Gasteiger partial charge >= 0.3 is 7.60 Å². The van der Waals surface area contributed by atoms with Crippen molar-refractivity contribution in [1.29, 1.82) is 0 Å². The maximum atomic E-state index is 13.1. The fourth-order valence-corrected chi connectivity index (χ4v) is 6.21. The maximum absolute atomic E-state index is 13.1. The highest BCUT2D eigenvalue weighted by Gasteiger charge is 2.34. The Morgan fingerprint density at radius 3 is 2.22 bits per heavy atom. The fraction of sp³-hybridized carbons (Fsp3) is 0.517. The van der Waals surface area contributed by atoms with Gasteiger partial charge in [0.2, 0.25) is 11.8 Å². The van der Waals surface area contributed by atoms with Crippen LogP contribution in [0.4, 0.5) is 0 Å². The SMILES string of the molecule is CC(C[C@H](CC(=O)N[C@@H](CC1CCCCC1)C(=O)NCCc1ccccc1)P(=O)(O)O)c1ccccc1. The largest absolute Gasteiger partial charge is 0.354 e. The molecule has 0 aromatic heterocycles. The van der Waals surface area contributed by atoms with Gasteiger partial charge in [-0.15, -0.1) is 0 Å². The van der Waals surface area contributed by atoms with Crippen molar-refractivity contribution in [2.45, 2.75) is 82.3 Å². The van der Waals surface area contributed by atoms with Crippen LogP contribution in [0.15, 0.2) is 60.7 Å². The molecule has 8 heteroatoms. The summed E-state index contributed by atoms with van der Waals surface area (Å²) in [7, 11) is -4.52. The van der Waals surface area contributed by atoms with Crippen molar-refractivity contribution in [3.63, 3.8) is 0 Å². The normalized spacial score (nSPS) is 16.9. The lowest BCUT2D eigenvalue weighted by Gasteiger charge is -2.27. The van der Waals surface area contributed by atoms with Crippen LogP contribution < -0.4 is 10.6 Å². The van der Waals surface area contributed by atoms with Crippen LogP contribution in [0.25, 0.3) is 0 Å². The quantitative estimate of drug-likeness (QED) is 0.275. The third-order valence-electron chi connectivity index (χ3n) is 7.39. The first-order valence-electron chi connectivity index (χ1n) is 13.4. The number of benzene rings is 2. The lowest BCUT2D eigenvalue weighted by Crippen LogP contribution is -2.48. The van der Waals surface area contributed by atoms with Gasteiger partial charge in [0.25, 0.3) is 0 Å². The van der Waals surface area contributed by atoms with Gasteiger partial charge < -0.3 is 20.4 Å². The van der Waals surface area contributed by atoms with Gasteiger partial charge in [-0.05, 0) is 42.2 Å². The molecule has 1 aliphatic carbocycles. The first kappa shape index (κ1) is 29.1. The predicted molar refractivity (Wildman–Crippen MR) is 146 cm³/mol. The topological polar surface area (TPSA) is 116 Å². The van der Waals surface area contributed by atoms with Gasteiger partial charge in [0, 0.05) is 13.0 Å². The van der Waals surface area contributed by atoms with Crippen LogP contribution >= 0.6 is 7.60 Å². The maximum Gasteiger partial charge on any atom is 0.329 e. The average Bonchev–Trinajstić information content (AvgIpc) is 2.89. The van der Waals surface area contributed by atoms with E-state index in [1.54, 1.807) is 0 Å². The molecular weight excluding hydrogens is 487 g/mol. The Morgan fingerprint density at radius 1 is 0.973 bits per heavy atom. The summed E-state index contributed by atoms with van der Waals surface area (Å²) in [4.78, 5) is 46.1. The van der Waals surface area contributed by atoms with E-state index >= 15 is 0 Å². The van der Waals surface area contributed by atoms with Gasteiger partial charge in [-0.3, -0.25) is 14.2 Å². The van der Waals surface area contributed by atoms with E-state index in [4.69, 9.17) is 0 Å². The first-order valence-corrected chi connectivity index (χ1v) is 15.1. The lowest BCUT2D eigenvalue weighted by atomic mass is 9.84. The van der Waals surface area contributed by atoms with Crippen LogP contribution in [-0.2, 0) is 20.6 Å². The molecule has 0 bridgehead atoms. The van der Waals surface area contributed by atoms with E-state index in [2.05, 4.69) is 10.6 Å². The summed E-state index contributed by atoms with van der Waals surface area (Å²) in [5, 5.41) is 5.79. The summed E-state index contributed by atoms with van der Waals surface area (Å²) in [6.07, 6.45) is 6.60. The lowest BCUT2D eigenvalue weighted by molar-refractivity contribution is -0.129. The fourth-order valence-electron chi connectivity index (χ4n) is 5.22. The minimum Gasteiger partial charge on any atom is -0.354 e. The van der Waals surface area contributed by atoms with Gasteiger partial charge in [-0.25, -0.2) is 0 Å². The van der Waals surface area contributed by atoms with Crippen LogP contribution in [0.2, 0.25) is 0 Å². The second-order valence-corrected chi connectivity index (χ2v) is 12.3. The molecule has 0 radical (unpaired) electrons. The zero-order valence-corrected chi connectivity index (χ0v) is 22.6. The van der Waals surface area contributed by atoms with Gasteiger partial charge in [-0.2, -0.15) is 0 Å². The smallest absolute Gasteiger partial charge is 0.329 e. The Labute approximate surface area is 220 Å². The van der Waals surface area contributed by atoms with Gasteiger partial charge in [0.15, 0.2) is 0 Å². The molecule has 37 heavy (non-hydrogen) atoms. The van der Waals surface area contributed by atoms with E-state index in [1.165, 1.54) is 6.42 Å². The van der Waals surface area contributed by atoms with Gasteiger partial charge in [0.05, 0.1) is 5.66 Å². The van der Waals surface area contributed by atoms with Crippen molar-refractivity contribution in [1.82, 2.24) is 10.6 Å². The van der Waals surface area contributed by atoms with Crippen molar-refractivity contribution in [2.24, 2.45) is 5.92 Å². The van der Waals surface area contributed by atoms with E-state index in [-0.39, 0.29) is 24.7 Å². The molecule has 0 heterocycles. The molecule has 1 aliphatic rings. The van der Waals surface area contributed by atoms with Crippen molar-refractivity contribution in [3.8, 4) is 0 Å². The molecule has 4 N–H and O–H groups in total. The highest BCUT2D eigenvalue weighted by molar-refractivity contribution is 7.52. The number of carbonyl (C=O) groups excluding carboxylic acids is 2.